The lowest BCUT2D eigenvalue weighted by Gasteiger charge is -2.15. The predicted octanol–water partition coefficient (Wildman–Crippen LogP) is 1.54. The molecule has 0 aromatic heterocycles. The fourth-order valence-electron chi connectivity index (χ4n) is 2.26. The summed E-state index contributed by atoms with van der Waals surface area (Å²) in [4.78, 5) is 35.2. The molecule has 0 saturated heterocycles. The highest BCUT2D eigenvalue weighted by molar-refractivity contribution is 5.96. The first kappa shape index (κ1) is 18.2. The number of benzene rings is 2. The molecule has 0 aliphatic carbocycles. The maximum absolute atomic E-state index is 11.9. The minimum absolute atomic E-state index is 0.175. The van der Waals surface area contributed by atoms with E-state index in [-0.39, 0.29) is 18.9 Å². The molecule has 25 heavy (non-hydrogen) atoms. The van der Waals surface area contributed by atoms with E-state index < -0.39 is 17.9 Å². The van der Waals surface area contributed by atoms with Gasteiger partial charge in [0.25, 0.3) is 5.91 Å². The minimum Gasteiger partial charge on any atom is -0.480 e. The third-order valence-electron chi connectivity index (χ3n) is 3.64. The lowest BCUT2D eigenvalue weighted by atomic mass is 10.0. The summed E-state index contributed by atoms with van der Waals surface area (Å²) in [5, 5.41) is 14.2. The third-order valence-corrected chi connectivity index (χ3v) is 3.64. The number of carbonyl (C=O) groups is 3. The molecular weight excluding hydrogens is 320 g/mol. The molecule has 0 aliphatic heterocycles. The zero-order valence-electron chi connectivity index (χ0n) is 13.9. The highest BCUT2D eigenvalue weighted by Crippen LogP contribution is 2.06. The van der Waals surface area contributed by atoms with E-state index in [9.17, 15) is 19.5 Å². The number of aliphatic carboxylic acids is 1. The molecule has 2 aromatic rings. The lowest BCUT2D eigenvalue weighted by molar-refractivity contribution is -0.141. The van der Waals surface area contributed by atoms with Crippen molar-refractivity contribution in [2.75, 3.05) is 6.54 Å². The van der Waals surface area contributed by atoms with E-state index in [0.29, 0.717) is 5.56 Å². The Morgan fingerprint density at radius 1 is 1.00 bits per heavy atom. The molecule has 130 valence electrons. The summed E-state index contributed by atoms with van der Waals surface area (Å²) in [5.41, 5.74) is 2.32. The van der Waals surface area contributed by atoms with Crippen LogP contribution in [0.15, 0.2) is 54.6 Å². The molecule has 0 unspecified atom stereocenters. The van der Waals surface area contributed by atoms with E-state index >= 15 is 0 Å². The highest BCUT2D eigenvalue weighted by Gasteiger charge is 2.20. The summed E-state index contributed by atoms with van der Waals surface area (Å²) in [5.74, 6) is -2.06. The standard InChI is InChI=1S/C19H20N2O4/c1-13-7-9-14(10-8-13)11-16(19(24)25)21-17(22)12-20-18(23)15-5-3-2-4-6-15/h2-10,16H,11-12H2,1H3,(H,20,23)(H,21,22)(H,24,25)/t16-/m0/s1. The van der Waals surface area contributed by atoms with Crippen LogP contribution in [0.4, 0.5) is 0 Å². The minimum atomic E-state index is -1.12. The molecule has 1 atom stereocenters. The fraction of sp³-hybridized carbons (Fsp3) is 0.211. The summed E-state index contributed by atoms with van der Waals surface area (Å²) in [6.45, 7) is 1.65. The summed E-state index contributed by atoms with van der Waals surface area (Å²) in [6, 6.07) is 14.9. The van der Waals surface area contributed by atoms with E-state index in [1.54, 1.807) is 30.3 Å². The van der Waals surface area contributed by atoms with Crippen molar-refractivity contribution in [2.24, 2.45) is 0 Å². The molecule has 0 radical (unpaired) electrons. The number of aryl methyl sites for hydroxylation is 1. The Hall–Kier alpha value is -3.15. The van der Waals surface area contributed by atoms with Gasteiger partial charge in [-0.3, -0.25) is 9.59 Å². The van der Waals surface area contributed by atoms with Crippen molar-refractivity contribution in [3.8, 4) is 0 Å². The van der Waals surface area contributed by atoms with Gasteiger partial charge in [0.15, 0.2) is 0 Å². The molecule has 0 fully saturated rings. The Balaban J connectivity index is 1.88. The van der Waals surface area contributed by atoms with Gasteiger partial charge in [-0.15, -0.1) is 0 Å². The van der Waals surface area contributed by atoms with Crippen LogP contribution in [0.5, 0.6) is 0 Å². The Labute approximate surface area is 145 Å². The molecule has 6 heteroatoms. The Bertz CT molecular complexity index is 742. The zero-order chi connectivity index (χ0) is 18.2. The van der Waals surface area contributed by atoms with Gasteiger partial charge < -0.3 is 15.7 Å². The smallest absolute Gasteiger partial charge is 0.326 e. The van der Waals surface area contributed by atoms with E-state index in [1.807, 2.05) is 31.2 Å². The van der Waals surface area contributed by atoms with Crippen molar-refractivity contribution in [3.63, 3.8) is 0 Å². The average molecular weight is 340 g/mol. The first-order valence-electron chi connectivity index (χ1n) is 7.86. The molecule has 2 rings (SSSR count). The SMILES string of the molecule is Cc1ccc(C[C@H](NC(=O)CNC(=O)c2ccccc2)C(=O)O)cc1. The summed E-state index contributed by atoms with van der Waals surface area (Å²) < 4.78 is 0. The van der Waals surface area contributed by atoms with Crippen molar-refractivity contribution in [2.45, 2.75) is 19.4 Å². The number of carboxylic acids is 1. The van der Waals surface area contributed by atoms with Gasteiger partial charge in [0, 0.05) is 12.0 Å². The first-order valence-corrected chi connectivity index (χ1v) is 7.86. The van der Waals surface area contributed by atoms with Crippen molar-refractivity contribution < 1.29 is 19.5 Å². The molecule has 0 spiro atoms. The van der Waals surface area contributed by atoms with Crippen LogP contribution >= 0.6 is 0 Å². The van der Waals surface area contributed by atoms with Crippen LogP contribution in [-0.2, 0) is 16.0 Å². The normalized spacial score (nSPS) is 11.4. The van der Waals surface area contributed by atoms with Crippen LogP contribution in [0, 0.1) is 6.92 Å². The molecular formula is C19H20N2O4. The van der Waals surface area contributed by atoms with Gasteiger partial charge in [-0.1, -0.05) is 48.0 Å². The van der Waals surface area contributed by atoms with Gasteiger partial charge in [0.2, 0.25) is 5.91 Å². The van der Waals surface area contributed by atoms with E-state index in [0.717, 1.165) is 11.1 Å². The maximum atomic E-state index is 11.9. The topological polar surface area (TPSA) is 95.5 Å². The number of carboxylic acid groups (broad SMARTS) is 1. The molecule has 2 amide bonds. The van der Waals surface area contributed by atoms with Crippen LogP contribution in [0.25, 0.3) is 0 Å². The number of hydrogen-bond acceptors (Lipinski definition) is 3. The Morgan fingerprint density at radius 3 is 2.24 bits per heavy atom. The van der Waals surface area contributed by atoms with E-state index in [4.69, 9.17) is 0 Å². The maximum Gasteiger partial charge on any atom is 0.326 e. The second-order valence-electron chi connectivity index (χ2n) is 5.70. The van der Waals surface area contributed by atoms with Crippen molar-refractivity contribution in [1.82, 2.24) is 10.6 Å². The number of hydrogen-bond donors (Lipinski definition) is 3. The van der Waals surface area contributed by atoms with Gasteiger partial charge >= 0.3 is 5.97 Å². The summed E-state index contributed by atoms with van der Waals surface area (Å²) >= 11 is 0. The Kier molecular flexibility index (Phi) is 6.28. The monoisotopic (exact) mass is 340 g/mol. The van der Waals surface area contributed by atoms with Crippen LogP contribution < -0.4 is 10.6 Å². The number of rotatable bonds is 7. The van der Waals surface area contributed by atoms with Gasteiger partial charge in [0.05, 0.1) is 6.54 Å². The summed E-state index contributed by atoms with van der Waals surface area (Å²) in [7, 11) is 0. The molecule has 0 aliphatic rings. The molecule has 0 bridgehead atoms. The van der Waals surface area contributed by atoms with Crippen LogP contribution in [-0.4, -0.2) is 35.5 Å². The molecule has 6 nitrogen and oxygen atoms in total. The second kappa shape index (κ2) is 8.63. The predicted molar refractivity (Wildman–Crippen MR) is 93.2 cm³/mol. The highest BCUT2D eigenvalue weighted by atomic mass is 16.4. The van der Waals surface area contributed by atoms with Crippen molar-refractivity contribution >= 4 is 17.8 Å². The quantitative estimate of drug-likeness (QED) is 0.712. The summed E-state index contributed by atoms with van der Waals surface area (Å²) in [6.07, 6.45) is 0.175. The molecule has 0 saturated carbocycles. The first-order chi connectivity index (χ1) is 12.0. The van der Waals surface area contributed by atoms with Crippen LogP contribution in [0.3, 0.4) is 0 Å². The van der Waals surface area contributed by atoms with E-state index in [2.05, 4.69) is 10.6 Å². The number of nitrogens with one attached hydrogen (secondary N) is 2. The molecule has 2 aromatic carbocycles. The number of carbonyl (C=O) groups excluding carboxylic acids is 2. The van der Waals surface area contributed by atoms with Gasteiger partial charge in [0.1, 0.15) is 6.04 Å². The van der Waals surface area contributed by atoms with Crippen molar-refractivity contribution in [1.29, 1.82) is 0 Å². The largest absolute Gasteiger partial charge is 0.480 e. The lowest BCUT2D eigenvalue weighted by Crippen LogP contribution is -2.46. The van der Waals surface area contributed by atoms with Crippen LogP contribution in [0.2, 0.25) is 0 Å². The van der Waals surface area contributed by atoms with Crippen LogP contribution in [0.1, 0.15) is 21.5 Å². The second-order valence-corrected chi connectivity index (χ2v) is 5.70. The molecule has 3 N–H and O–H groups in total. The van der Waals surface area contributed by atoms with Gasteiger partial charge in [-0.05, 0) is 24.6 Å². The fourth-order valence-corrected chi connectivity index (χ4v) is 2.26. The number of amides is 2. The van der Waals surface area contributed by atoms with Gasteiger partial charge in [-0.25, -0.2) is 4.79 Å². The van der Waals surface area contributed by atoms with Gasteiger partial charge in [-0.2, -0.15) is 0 Å². The average Bonchev–Trinajstić information content (AvgIpc) is 2.61. The zero-order valence-corrected chi connectivity index (χ0v) is 13.9. The van der Waals surface area contributed by atoms with Crippen molar-refractivity contribution in [3.05, 3.63) is 71.3 Å². The Morgan fingerprint density at radius 2 is 1.64 bits per heavy atom. The molecule has 0 heterocycles. The third kappa shape index (κ3) is 5.76. The van der Waals surface area contributed by atoms with E-state index in [1.165, 1.54) is 0 Å².